The van der Waals surface area contributed by atoms with Crippen molar-refractivity contribution in [3.8, 4) is 0 Å². The highest BCUT2D eigenvalue weighted by Crippen LogP contribution is 2.08. The van der Waals surface area contributed by atoms with E-state index < -0.39 is 12.3 Å². The van der Waals surface area contributed by atoms with E-state index in [1.165, 1.54) is 7.11 Å². The van der Waals surface area contributed by atoms with Crippen molar-refractivity contribution in [1.29, 1.82) is 0 Å². The van der Waals surface area contributed by atoms with Crippen molar-refractivity contribution < 1.29 is 19.4 Å². The van der Waals surface area contributed by atoms with Gasteiger partial charge in [-0.3, -0.25) is 9.69 Å². The van der Waals surface area contributed by atoms with Gasteiger partial charge in [-0.2, -0.15) is 0 Å². The predicted octanol–water partition coefficient (Wildman–Crippen LogP) is 0.521. The number of nitrogens with zero attached hydrogens (tertiary/aromatic N) is 3. The fraction of sp³-hybridized carbons (Fsp3) is 0.500. The number of aliphatic hydroxyl groups excluding tert-OH is 1. The molecule has 0 bridgehead atoms. The normalized spacial score (nSPS) is 17.2. The molecule has 1 aromatic heterocycles. The first kappa shape index (κ1) is 20.5. The Hall–Kier alpha value is -2.26. The Balaban J connectivity index is 1.56. The molecule has 2 aromatic rings. The Morgan fingerprint density at radius 2 is 2.04 bits per heavy atom. The average Bonchev–Trinajstić information content (AvgIpc) is 3.22. The maximum atomic E-state index is 12.6. The van der Waals surface area contributed by atoms with Gasteiger partial charge in [0.1, 0.15) is 5.69 Å². The molecule has 8 heteroatoms. The summed E-state index contributed by atoms with van der Waals surface area (Å²) in [6.07, 6.45) is 2.75. The number of rotatable bonds is 9. The number of benzene rings is 1. The number of ether oxygens (including phenoxy) is 2. The van der Waals surface area contributed by atoms with E-state index >= 15 is 0 Å². The van der Waals surface area contributed by atoms with Gasteiger partial charge in [-0.25, -0.2) is 4.98 Å². The molecule has 2 atom stereocenters. The second kappa shape index (κ2) is 10.3. The van der Waals surface area contributed by atoms with E-state index in [9.17, 15) is 9.90 Å². The van der Waals surface area contributed by atoms with Crippen LogP contribution in [-0.4, -0.2) is 77.8 Å². The molecule has 1 unspecified atom stereocenters. The van der Waals surface area contributed by atoms with Crippen LogP contribution in [0.5, 0.6) is 0 Å². The molecule has 0 spiro atoms. The Morgan fingerprint density at radius 3 is 2.75 bits per heavy atom. The Bertz CT molecular complexity index is 731. The largest absolute Gasteiger partial charge is 0.379 e. The fourth-order valence-electron chi connectivity index (χ4n) is 3.18. The molecule has 0 aliphatic carbocycles. The first-order chi connectivity index (χ1) is 13.7. The van der Waals surface area contributed by atoms with Gasteiger partial charge in [-0.1, -0.05) is 30.3 Å². The lowest BCUT2D eigenvalue weighted by molar-refractivity contribution is -0.0947. The zero-order valence-corrected chi connectivity index (χ0v) is 16.2. The van der Waals surface area contributed by atoms with E-state index in [2.05, 4.69) is 15.2 Å². The highest BCUT2D eigenvalue weighted by molar-refractivity contribution is 5.92. The Labute approximate surface area is 165 Å². The van der Waals surface area contributed by atoms with Crippen molar-refractivity contribution in [3.63, 3.8) is 0 Å². The first-order valence-corrected chi connectivity index (χ1v) is 9.53. The van der Waals surface area contributed by atoms with Crippen LogP contribution in [0.2, 0.25) is 0 Å². The van der Waals surface area contributed by atoms with E-state index in [-0.39, 0.29) is 5.91 Å². The van der Waals surface area contributed by atoms with Gasteiger partial charge in [0.15, 0.2) is 6.29 Å². The quantitative estimate of drug-likeness (QED) is 0.609. The summed E-state index contributed by atoms with van der Waals surface area (Å²) in [5.74, 6) is -0.331. The molecular formula is C20H28N4O4. The number of carbonyl (C=O) groups is 1. The lowest BCUT2D eigenvalue weighted by Crippen LogP contribution is -2.45. The minimum absolute atomic E-state index is 0.323. The number of aromatic nitrogens is 2. The molecule has 1 aliphatic rings. The molecule has 1 saturated heterocycles. The number of imidazole rings is 1. The van der Waals surface area contributed by atoms with Crippen molar-refractivity contribution in [2.45, 2.75) is 25.3 Å². The van der Waals surface area contributed by atoms with E-state index in [1.807, 2.05) is 34.9 Å². The summed E-state index contributed by atoms with van der Waals surface area (Å²) in [5.41, 5.74) is 1.32. The Kier molecular flexibility index (Phi) is 7.55. The third kappa shape index (κ3) is 5.87. The summed E-state index contributed by atoms with van der Waals surface area (Å²) in [6, 6.07) is 9.09. The smallest absolute Gasteiger partial charge is 0.271 e. The van der Waals surface area contributed by atoms with Crippen molar-refractivity contribution in [2.75, 3.05) is 40.0 Å². The molecule has 1 aliphatic heterocycles. The van der Waals surface area contributed by atoms with Crippen LogP contribution in [0.3, 0.4) is 0 Å². The SMILES string of the molecule is COC(O)[C@H](Cc1ccccc1)NC(=O)c1cn(CCN2CCOCC2)cn1. The van der Waals surface area contributed by atoms with Gasteiger partial charge in [0.2, 0.25) is 0 Å². The topological polar surface area (TPSA) is 88.9 Å². The number of hydrogen-bond donors (Lipinski definition) is 2. The van der Waals surface area contributed by atoms with Gasteiger partial charge in [0, 0.05) is 39.5 Å². The molecule has 2 N–H and O–H groups in total. The van der Waals surface area contributed by atoms with Gasteiger partial charge in [-0.15, -0.1) is 0 Å². The highest BCUT2D eigenvalue weighted by atomic mass is 16.6. The molecule has 1 amide bonds. The maximum absolute atomic E-state index is 12.6. The number of methoxy groups -OCH3 is 1. The zero-order chi connectivity index (χ0) is 19.8. The van der Waals surface area contributed by atoms with Crippen molar-refractivity contribution >= 4 is 5.91 Å². The second-order valence-electron chi connectivity index (χ2n) is 6.85. The summed E-state index contributed by atoms with van der Waals surface area (Å²) in [6.45, 7) is 5.04. The van der Waals surface area contributed by atoms with E-state index in [1.54, 1.807) is 12.5 Å². The predicted molar refractivity (Wildman–Crippen MR) is 104 cm³/mol. The highest BCUT2D eigenvalue weighted by Gasteiger charge is 2.23. The molecular weight excluding hydrogens is 360 g/mol. The van der Waals surface area contributed by atoms with Crippen LogP contribution in [0.25, 0.3) is 0 Å². The van der Waals surface area contributed by atoms with E-state index in [4.69, 9.17) is 9.47 Å². The number of aliphatic hydroxyl groups is 1. The van der Waals surface area contributed by atoms with Gasteiger partial charge >= 0.3 is 0 Å². The van der Waals surface area contributed by atoms with E-state index in [0.29, 0.717) is 12.1 Å². The maximum Gasteiger partial charge on any atom is 0.271 e. The minimum Gasteiger partial charge on any atom is -0.379 e. The molecule has 152 valence electrons. The minimum atomic E-state index is -1.10. The summed E-state index contributed by atoms with van der Waals surface area (Å²) in [5, 5.41) is 13.0. The van der Waals surface area contributed by atoms with Crippen LogP contribution in [0, 0.1) is 0 Å². The molecule has 1 fully saturated rings. The number of nitrogens with one attached hydrogen (secondary N) is 1. The zero-order valence-electron chi connectivity index (χ0n) is 16.2. The third-order valence-corrected chi connectivity index (χ3v) is 4.84. The van der Waals surface area contributed by atoms with Gasteiger partial charge in [0.25, 0.3) is 5.91 Å². The molecule has 1 aromatic carbocycles. The van der Waals surface area contributed by atoms with Crippen LogP contribution in [0.15, 0.2) is 42.9 Å². The van der Waals surface area contributed by atoms with Gasteiger partial charge in [-0.05, 0) is 12.0 Å². The van der Waals surface area contributed by atoms with Crippen molar-refractivity contribution in [2.24, 2.45) is 0 Å². The number of morpholine rings is 1. The van der Waals surface area contributed by atoms with Crippen LogP contribution >= 0.6 is 0 Å². The number of hydrogen-bond acceptors (Lipinski definition) is 6. The lowest BCUT2D eigenvalue weighted by Gasteiger charge is -2.26. The summed E-state index contributed by atoms with van der Waals surface area (Å²) in [7, 11) is 1.41. The second-order valence-corrected chi connectivity index (χ2v) is 6.85. The van der Waals surface area contributed by atoms with E-state index in [0.717, 1.165) is 45.0 Å². The molecule has 28 heavy (non-hydrogen) atoms. The van der Waals surface area contributed by atoms with Crippen LogP contribution < -0.4 is 5.32 Å². The third-order valence-electron chi connectivity index (χ3n) is 4.84. The van der Waals surface area contributed by atoms with Crippen LogP contribution in [-0.2, 0) is 22.4 Å². The number of carbonyl (C=O) groups excluding carboxylic acids is 1. The average molecular weight is 388 g/mol. The van der Waals surface area contributed by atoms with Gasteiger partial charge in [0.05, 0.1) is 25.6 Å². The summed E-state index contributed by atoms with van der Waals surface area (Å²) in [4.78, 5) is 19.1. The molecule has 0 saturated carbocycles. The summed E-state index contributed by atoms with van der Waals surface area (Å²) >= 11 is 0. The first-order valence-electron chi connectivity index (χ1n) is 9.53. The lowest BCUT2D eigenvalue weighted by atomic mass is 10.1. The van der Waals surface area contributed by atoms with Crippen molar-refractivity contribution in [1.82, 2.24) is 19.8 Å². The standard InChI is InChI=1S/C20H28N4O4/c1-27-20(26)17(13-16-5-3-2-4-6-16)22-19(25)18-14-24(15-21-18)8-7-23-9-11-28-12-10-23/h2-6,14-15,17,20,26H,7-13H2,1H3,(H,22,25)/t17-,20?/m0/s1. The molecule has 2 heterocycles. The van der Waals surface area contributed by atoms with Gasteiger partial charge < -0.3 is 24.5 Å². The number of amides is 1. The Morgan fingerprint density at radius 1 is 1.29 bits per heavy atom. The van der Waals surface area contributed by atoms with Crippen LogP contribution in [0.1, 0.15) is 16.1 Å². The molecule has 8 nitrogen and oxygen atoms in total. The van der Waals surface area contributed by atoms with Crippen LogP contribution in [0.4, 0.5) is 0 Å². The summed E-state index contributed by atoms with van der Waals surface area (Å²) < 4.78 is 12.3. The molecule has 0 radical (unpaired) electrons. The fourth-order valence-corrected chi connectivity index (χ4v) is 3.18. The van der Waals surface area contributed by atoms with Crippen molar-refractivity contribution in [3.05, 3.63) is 54.1 Å². The molecule has 3 rings (SSSR count). The monoisotopic (exact) mass is 388 g/mol.